The molecule has 1 aliphatic carbocycles. The van der Waals surface area contributed by atoms with E-state index in [0.29, 0.717) is 11.8 Å². The number of rotatable bonds is 5. The van der Waals surface area contributed by atoms with E-state index in [9.17, 15) is 5.26 Å². The van der Waals surface area contributed by atoms with Gasteiger partial charge in [0, 0.05) is 31.5 Å². The number of benzene rings is 3. The van der Waals surface area contributed by atoms with Crippen LogP contribution in [0.1, 0.15) is 58.4 Å². The normalized spacial score (nSPS) is 13.8. The van der Waals surface area contributed by atoms with Crippen LogP contribution in [0.15, 0.2) is 65.1 Å². The fourth-order valence-corrected chi connectivity index (χ4v) is 5.60. The summed E-state index contributed by atoms with van der Waals surface area (Å²) in [5, 5.41) is 17.8. The summed E-state index contributed by atoms with van der Waals surface area (Å²) in [5.41, 5.74) is 11.2. The van der Waals surface area contributed by atoms with Crippen LogP contribution < -0.4 is 0 Å². The predicted molar refractivity (Wildman–Crippen MR) is 149 cm³/mol. The molecule has 0 saturated carbocycles. The van der Waals surface area contributed by atoms with Gasteiger partial charge in [0.15, 0.2) is 0 Å². The Bertz CT molecular complexity index is 1750. The molecule has 0 atom stereocenters. The van der Waals surface area contributed by atoms with Crippen molar-refractivity contribution < 1.29 is 4.42 Å². The molecule has 0 fully saturated rings. The molecule has 3 aromatic carbocycles. The van der Waals surface area contributed by atoms with Crippen LogP contribution in [-0.2, 0) is 25.8 Å². The zero-order valence-electron chi connectivity index (χ0n) is 22.0. The van der Waals surface area contributed by atoms with Crippen LogP contribution in [0, 0.1) is 25.2 Å². The smallest absolute Gasteiger partial charge is 0.247 e. The van der Waals surface area contributed by atoms with Gasteiger partial charge < -0.3 is 8.98 Å². The monoisotopic (exact) mass is 499 g/mol. The van der Waals surface area contributed by atoms with Gasteiger partial charge >= 0.3 is 0 Å². The van der Waals surface area contributed by atoms with E-state index < -0.39 is 0 Å². The van der Waals surface area contributed by atoms with Crippen LogP contribution >= 0.6 is 0 Å². The topological polar surface area (TPSA) is 80.5 Å². The van der Waals surface area contributed by atoms with E-state index in [1.165, 1.54) is 16.7 Å². The van der Waals surface area contributed by atoms with Crippen molar-refractivity contribution in [2.75, 3.05) is 0 Å². The Balaban J connectivity index is 1.44. The average Bonchev–Trinajstić information content (AvgIpc) is 3.46. The van der Waals surface area contributed by atoms with Crippen molar-refractivity contribution in [3.05, 3.63) is 106 Å². The highest BCUT2D eigenvalue weighted by Crippen LogP contribution is 2.35. The Morgan fingerprint density at radius 3 is 2.61 bits per heavy atom. The minimum absolute atomic E-state index is 0.527. The predicted octanol–water partition coefficient (Wildman–Crippen LogP) is 6.76. The third-order valence-electron chi connectivity index (χ3n) is 7.35. The lowest BCUT2D eigenvalue weighted by Crippen LogP contribution is -2.06. The molecule has 0 radical (unpaired) electrons. The number of nitriles is 1. The number of fused-ring (bicyclic) bond motifs is 3. The summed E-state index contributed by atoms with van der Waals surface area (Å²) in [5.74, 6) is 2.16. The van der Waals surface area contributed by atoms with Crippen molar-refractivity contribution in [1.82, 2.24) is 19.7 Å². The molecule has 0 bridgehead atoms. The van der Waals surface area contributed by atoms with E-state index in [2.05, 4.69) is 89.3 Å². The molecule has 6 heteroatoms. The summed E-state index contributed by atoms with van der Waals surface area (Å²) < 4.78 is 8.07. The number of imidazole rings is 1. The van der Waals surface area contributed by atoms with Crippen molar-refractivity contribution in [2.24, 2.45) is 0 Å². The first-order valence-corrected chi connectivity index (χ1v) is 13.2. The second-order valence-corrected chi connectivity index (χ2v) is 9.99. The number of nitrogens with zero attached hydrogens (tertiary/aromatic N) is 5. The van der Waals surface area contributed by atoms with Crippen molar-refractivity contribution in [2.45, 2.75) is 53.0 Å². The number of hydrogen-bond acceptors (Lipinski definition) is 5. The second kappa shape index (κ2) is 9.75. The van der Waals surface area contributed by atoms with Gasteiger partial charge in [-0.15, -0.1) is 10.2 Å². The molecule has 188 valence electrons. The first-order valence-electron chi connectivity index (χ1n) is 13.2. The zero-order valence-corrected chi connectivity index (χ0v) is 22.0. The van der Waals surface area contributed by atoms with Crippen molar-refractivity contribution in [3.63, 3.8) is 0 Å². The van der Waals surface area contributed by atoms with E-state index >= 15 is 0 Å². The van der Waals surface area contributed by atoms with Gasteiger partial charge in [0.05, 0.1) is 17.1 Å². The SMILES string of the molecule is CCCc1nc2c(C)cc(-c3nnc(C)o3)cc2n1Cc1ccc2c(c1)CCc1ccccc1/C2=C\C#N. The van der Waals surface area contributed by atoms with Gasteiger partial charge in [-0.2, -0.15) is 5.26 Å². The van der Waals surface area contributed by atoms with Crippen molar-refractivity contribution >= 4 is 16.6 Å². The number of hydrogen-bond donors (Lipinski definition) is 0. The number of allylic oxidation sites excluding steroid dienone is 1. The van der Waals surface area contributed by atoms with Gasteiger partial charge in [-0.05, 0) is 77.3 Å². The van der Waals surface area contributed by atoms with Crippen LogP contribution in [0.3, 0.4) is 0 Å². The molecule has 6 nitrogen and oxygen atoms in total. The van der Waals surface area contributed by atoms with E-state index in [0.717, 1.165) is 76.9 Å². The molecule has 0 spiro atoms. The highest BCUT2D eigenvalue weighted by molar-refractivity contribution is 5.86. The first kappa shape index (κ1) is 23.9. The Morgan fingerprint density at radius 1 is 1.00 bits per heavy atom. The molecule has 1 aliphatic rings. The summed E-state index contributed by atoms with van der Waals surface area (Å²) in [7, 11) is 0. The van der Waals surface area contributed by atoms with Crippen molar-refractivity contribution in [3.8, 4) is 17.5 Å². The molecule has 2 heterocycles. The lowest BCUT2D eigenvalue weighted by Gasteiger charge is -2.14. The molecule has 5 aromatic rings. The van der Waals surface area contributed by atoms with Crippen LogP contribution in [-0.4, -0.2) is 19.7 Å². The van der Waals surface area contributed by atoms with Crippen LogP contribution in [0.5, 0.6) is 0 Å². The fraction of sp³-hybridized carbons (Fsp3) is 0.250. The van der Waals surface area contributed by atoms with E-state index in [4.69, 9.17) is 9.40 Å². The maximum absolute atomic E-state index is 9.55. The highest BCUT2D eigenvalue weighted by Gasteiger charge is 2.20. The van der Waals surface area contributed by atoms with E-state index in [-0.39, 0.29) is 0 Å². The van der Waals surface area contributed by atoms with Gasteiger partial charge in [0.2, 0.25) is 11.8 Å². The Labute approximate surface area is 222 Å². The van der Waals surface area contributed by atoms with Crippen LogP contribution in [0.25, 0.3) is 28.1 Å². The second-order valence-electron chi connectivity index (χ2n) is 9.99. The Kier molecular flexibility index (Phi) is 6.13. The molecule has 0 saturated heterocycles. The van der Waals surface area contributed by atoms with Gasteiger partial charge in [-0.1, -0.05) is 49.4 Å². The van der Waals surface area contributed by atoms with Gasteiger partial charge in [0.25, 0.3) is 0 Å². The Hall–Kier alpha value is -4.50. The molecule has 0 aliphatic heterocycles. The van der Waals surface area contributed by atoms with Crippen molar-refractivity contribution in [1.29, 1.82) is 5.26 Å². The summed E-state index contributed by atoms with van der Waals surface area (Å²) in [6.45, 7) is 6.80. The lowest BCUT2D eigenvalue weighted by atomic mass is 9.93. The molecule has 38 heavy (non-hydrogen) atoms. The number of aryl methyl sites for hydroxylation is 5. The Morgan fingerprint density at radius 2 is 1.82 bits per heavy atom. The van der Waals surface area contributed by atoms with E-state index in [1.807, 2.05) is 0 Å². The summed E-state index contributed by atoms with van der Waals surface area (Å²) >= 11 is 0. The third-order valence-corrected chi connectivity index (χ3v) is 7.35. The largest absolute Gasteiger partial charge is 0.421 e. The number of aromatic nitrogens is 4. The quantitative estimate of drug-likeness (QED) is 0.250. The maximum atomic E-state index is 9.55. The summed E-state index contributed by atoms with van der Waals surface area (Å²) in [6, 6.07) is 21.6. The van der Waals surface area contributed by atoms with Crippen LogP contribution in [0.4, 0.5) is 0 Å². The molecule has 0 unspecified atom stereocenters. The molecular formula is C32H29N5O. The lowest BCUT2D eigenvalue weighted by molar-refractivity contribution is 0.533. The van der Waals surface area contributed by atoms with Gasteiger partial charge in [0.1, 0.15) is 5.82 Å². The van der Waals surface area contributed by atoms with E-state index in [1.54, 1.807) is 13.0 Å². The molecule has 0 amide bonds. The molecule has 2 aromatic heterocycles. The fourth-order valence-electron chi connectivity index (χ4n) is 5.60. The third kappa shape index (κ3) is 4.20. The standard InChI is InChI=1S/C32H29N5O/c1-4-7-30-34-31-20(2)16-25(32-36-35-21(3)38-32)18-29(31)37(30)19-22-10-13-27-24(17-22)12-11-23-8-5-6-9-26(23)28(27)14-15-33/h5-6,8-10,13-14,16-18H,4,7,11-12,19H2,1-3H3/b28-14+. The molecular weight excluding hydrogens is 470 g/mol. The highest BCUT2D eigenvalue weighted by atomic mass is 16.4. The summed E-state index contributed by atoms with van der Waals surface area (Å²) in [4.78, 5) is 5.06. The first-order chi connectivity index (χ1) is 18.6. The summed E-state index contributed by atoms with van der Waals surface area (Å²) in [6.07, 6.45) is 5.50. The minimum Gasteiger partial charge on any atom is -0.421 e. The van der Waals surface area contributed by atoms with Crippen LogP contribution in [0.2, 0.25) is 0 Å². The average molecular weight is 500 g/mol. The maximum Gasteiger partial charge on any atom is 0.247 e. The van der Waals surface area contributed by atoms with Gasteiger partial charge in [-0.3, -0.25) is 0 Å². The minimum atomic E-state index is 0.527. The zero-order chi connectivity index (χ0) is 26.2. The molecule has 0 N–H and O–H groups in total. The van der Waals surface area contributed by atoms with Gasteiger partial charge in [-0.25, -0.2) is 4.98 Å². The molecule has 6 rings (SSSR count).